The Labute approximate surface area is 243 Å². The van der Waals surface area contributed by atoms with Crippen molar-refractivity contribution in [3.63, 3.8) is 0 Å². The van der Waals surface area contributed by atoms with E-state index < -0.39 is 0 Å². The highest BCUT2D eigenvalue weighted by molar-refractivity contribution is 6.25. The fraction of sp³-hybridized carbons (Fsp3) is 0.270. The molecule has 206 valence electrons. The van der Waals surface area contributed by atoms with Crippen LogP contribution in [-0.4, -0.2) is 26.2 Å². The normalized spacial score (nSPS) is 16.5. The lowest BCUT2D eigenvalue weighted by molar-refractivity contribution is 0.578. The Morgan fingerprint density at radius 2 is 1.07 bits per heavy atom. The van der Waals surface area contributed by atoms with Gasteiger partial charge >= 0.3 is 0 Å². The van der Waals surface area contributed by atoms with E-state index in [1.807, 2.05) is 6.07 Å². The first-order valence-corrected chi connectivity index (χ1v) is 15.3. The molecule has 2 aromatic heterocycles. The van der Waals surface area contributed by atoms with E-state index in [-0.39, 0.29) is 0 Å². The molecule has 2 aliphatic heterocycles. The Kier molecular flexibility index (Phi) is 5.22. The van der Waals surface area contributed by atoms with Crippen molar-refractivity contribution in [3.8, 4) is 0 Å². The molecule has 2 saturated heterocycles. The molecule has 5 nitrogen and oxygen atoms in total. The molecule has 5 heteroatoms. The summed E-state index contributed by atoms with van der Waals surface area (Å²) in [4.78, 5) is 8.95. The largest absolute Gasteiger partial charge is 0.453 e. The van der Waals surface area contributed by atoms with E-state index in [1.54, 1.807) is 0 Å². The number of nitrogens with zero attached hydrogens (tertiary/aromatic N) is 3. The molecule has 0 unspecified atom stereocenters. The second kappa shape index (κ2) is 9.16. The highest BCUT2D eigenvalue weighted by Gasteiger charge is 2.21. The highest BCUT2D eigenvalue weighted by atomic mass is 16.4. The van der Waals surface area contributed by atoms with E-state index in [0.29, 0.717) is 16.9 Å². The zero-order valence-electron chi connectivity index (χ0n) is 23.6. The van der Waals surface area contributed by atoms with Crippen LogP contribution < -0.4 is 9.80 Å². The number of hydrogen-bond acceptors (Lipinski definition) is 4. The van der Waals surface area contributed by atoms with Gasteiger partial charge in [-0.05, 0) is 115 Å². The van der Waals surface area contributed by atoms with Gasteiger partial charge in [-0.25, -0.2) is 4.85 Å². The lowest BCUT2D eigenvalue weighted by Gasteiger charge is -2.29. The predicted octanol–water partition coefficient (Wildman–Crippen LogP) is 10.3. The summed E-state index contributed by atoms with van der Waals surface area (Å²) >= 11 is 0. The molecule has 0 bridgehead atoms. The number of furan rings is 2. The first kappa shape index (κ1) is 24.0. The number of hydrogen-bond donors (Lipinski definition) is 0. The summed E-state index contributed by atoms with van der Waals surface area (Å²) in [7, 11) is 0. The standard InChI is InChI=1S/C37H31N3O2/c1-38-32-22-30-29-18-23-8-10-27(39-12-4-2-5-13-39)16-25(23)20-33(29)41-36(30)37-35(32)31-19-24-9-11-28(40-14-6-3-7-15-40)17-26(24)21-34(31)42-37/h8-11,16-22H,2-7,12-15H2. The molecule has 0 saturated carbocycles. The summed E-state index contributed by atoms with van der Waals surface area (Å²) in [6, 6.07) is 24.1. The van der Waals surface area contributed by atoms with Crippen LogP contribution in [-0.2, 0) is 0 Å². The average Bonchev–Trinajstić information content (AvgIpc) is 3.60. The molecule has 42 heavy (non-hydrogen) atoms. The van der Waals surface area contributed by atoms with E-state index >= 15 is 0 Å². The van der Waals surface area contributed by atoms with E-state index in [0.717, 1.165) is 69.7 Å². The zero-order valence-corrected chi connectivity index (χ0v) is 23.6. The maximum atomic E-state index is 8.08. The van der Waals surface area contributed by atoms with Crippen LogP contribution in [0.5, 0.6) is 0 Å². The van der Waals surface area contributed by atoms with Crippen molar-refractivity contribution in [1.29, 1.82) is 0 Å². The van der Waals surface area contributed by atoms with E-state index in [4.69, 9.17) is 15.4 Å². The summed E-state index contributed by atoms with van der Waals surface area (Å²) in [5.74, 6) is 0. The van der Waals surface area contributed by atoms with Gasteiger partial charge in [0.05, 0.1) is 6.57 Å². The van der Waals surface area contributed by atoms with Crippen molar-refractivity contribution in [2.45, 2.75) is 38.5 Å². The number of benzene rings is 5. The topological polar surface area (TPSA) is 37.1 Å². The molecule has 2 aliphatic rings. The minimum Gasteiger partial charge on any atom is -0.453 e. The van der Waals surface area contributed by atoms with Gasteiger partial charge in [0, 0.05) is 59.1 Å². The summed E-state index contributed by atoms with van der Waals surface area (Å²) in [5.41, 5.74) is 6.15. The molecule has 4 heterocycles. The first-order chi connectivity index (χ1) is 20.7. The van der Waals surface area contributed by atoms with Crippen molar-refractivity contribution in [3.05, 3.63) is 78.1 Å². The van der Waals surface area contributed by atoms with Crippen molar-refractivity contribution in [2.24, 2.45) is 0 Å². The Hall–Kier alpha value is -4.69. The van der Waals surface area contributed by atoms with Gasteiger partial charge in [0.25, 0.3) is 0 Å². The van der Waals surface area contributed by atoms with Crippen LogP contribution in [0.4, 0.5) is 17.1 Å². The molecular weight excluding hydrogens is 518 g/mol. The zero-order chi connectivity index (χ0) is 27.8. The lowest BCUT2D eigenvalue weighted by Crippen LogP contribution is -2.29. The maximum Gasteiger partial charge on any atom is 0.199 e. The second-order valence-corrected chi connectivity index (χ2v) is 12.1. The van der Waals surface area contributed by atoms with Crippen molar-refractivity contribution < 1.29 is 8.83 Å². The van der Waals surface area contributed by atoms with Crippen molar-refractivity contribution >= 4 is 82.5 Å². The molecule has 0 spiro atoms. The van der Waals surface area contributed by atoms with Crippen LogP contribution in [0.15, 0.2) is 75.6 Å². The Morgan fingerprint density at radius 3 is 1.67 bits per heavy atom. The van der Waals surface area contributed by atoms with Gasteiger partial charge in [-0.3, -0.25) is 0 Å². The van der Waals surface area contributed by atoms with Crippen molar-refractivity contribution in [1.82, 2.24) is 0 Å². The Bertz CT molecular complexity index is 2240. The molecule has 7 aromatic rings. The van der Waals surface area contributed by atoms with Gasteiger partial charge in [0.15, 0.2) is 16.9 Å². The molecule has 0 N–H and O–H groups in total. The van der Waals surface area contributed by atoms with Crippen LogP contribution in [0.3, 0.4) is 0 Å². The minimum absolute atomic E-state index is 0.601. The number of anilines is 2. The molecular formula is C37H31N3O2. The van der Waals surface area contributed by atoms with Crippen molar-refractivity contribution in [2.75, 3.05) is 36.0 Å². The predicted molar refractivity (Wildman–Crippen MR) is 174 cm³/mol. The van der Waals surface area contributed by atoms with Gasteiger partial charge < -0.3 is 18.6 Å². The van der Waals surface area contributed by atoms with E-state index in [9.17, 15) is 0 Å². The second-order valence-electron chi connectivity index (χ2n) is 12.1. The molecule has 0 radical (unpaired) electrons. The average molecular weight is 550 g/mol. The van der Waals surface area contributed by atoms with Gasteiger partial charge in [-0.2, -0.15) is 0 Å². The third-order valence-corrected chi connectivity index (χ3v) is 9.61. The fourth-order valence-corrected chi connectivity index (χ4v) is 7.39. The number of fused-ring (bicyclic) bond motifs is 9. The Morgan fingerprint density at radius 1 is 0.524 bits per heavy atom. The molecule has 5 aromatic carbocycles. The monoisotopic (exact) mass is 549 g/mol. The smallest absolute Gasteiger partial charge is 0.199 e. The SMILES string of the molecule is [C-]#[N+]c1cc2c3cc4ccc(N5CCCCC5)cc4cc3oc2c2oc3cc4cc(N5CCCCC5)ccc4cc3c12. The third-order valence-electron chi connectivity index (χ3n) is 9.61. The molecule has 0 aliphatic carbocycles. The minimum atomic E-state index is 0.601. The summed E-state index contributed by atoms with van der Waals surface area (Å²) < 4.78 is 13.1. The first-order valence-electron chi connectivity index (χ1n) is 15.3. The van der Waals surface area contributed by atoms with Crippen LogP contribution in [0.1, 0.15) is 38.5 Å². The fourth-order valence-electron chi connectivity index (χ4n) is 7.39. The molecule has 0 atom stereocenters. The van der Waals surface area contributed by atoms with E-state index in [1.165, 1.54) is 60.7 Å². The maximum absolute atomic E-state index is 8.08. The van der Waals surface area contributed by atoms with E-state index in [2.05, 4.69) is 75.3 Å². The molecule has 0 amide bonds. The number of rotatable bonds is 2. The molecule has 9 rings (SSSR count). The van der Waals surface area contributed by atoms with Crippen LogP contribution in [0, 0.1) is 6.57 Å². The van der Waals surface area contributed by atoms with Crippen LogP contribution >= 0.6 is 0 Å². The van der Waals surface area contributed by atoms with Gasteiger partial charge in [0.1, 0.15) is 11.2 Å². The number of piperidine rings is 2. The Balaban J connectivity index is 1.23. The van der Waals surface area contributed by atoms with Gasteiger partial charge in [-0.15, -0.1) is 0 Å². The summed E-state index contributed by atoms with van der Waals surface area (Å²) in [5, 5.41) is 8.42. The van der Waals surface area contributed by atoms with Gasteiger partial charge in [-0.1, -0.05) is 12.1 Å². The van der Waals surface area contributed by atoms with Gasteiger partial charge in [0.2, 0.25) is 0 Å². The lowest BCUT2D eigenvalue weighted by atomic mass is 10.0. The summed E-state index contributed by atoms with van der Waals surface area (Å²) in [6.45, 7) is 12.6. The quantitative estimate of drug-likeness (QED) is 0.201. The highest BCUT2D eigenvalue weighted by Crippen LogP contribution is 2.45. The van der Waals surface area contributed by atoms with Crippen LogP contribution in [0.2, 0.25) is 0 Å². The van der Waals surface area contributed by atoms with Crippen LogP contribution in [0.25, 0.3) is 70.3 Å². The third kappa shape index (κ3) is 3.61. The summed E-state index contributed by atoms with van der Waals surface area (Å²) in [6.07, 6.45) is 7.66. The molecule has 2 fully saturated rings.